The molecule has 0 saturated heterocycles. The number of amides is 2. The smallest absolute Gasteiger partial charge is 0.329 e. The van der Waals surface area contributed by atoms with Crippen LogP contribution in [-0.2, 0) is 9.59 Å². The summed E-state index contributed by atoms with van der Waals surface area (Å²) in [7, 11) is 1.50. The molecule has 2 amide bonds. The first-order valence-corrected chi connectivity index (χ1v) is 7.72. The molecular weight excluding hydrogens is 300 g/mol. The molecular formula is C16H22N2O5. The Bertz CT molecular complexity index is 575. The van der Waals surface area contributed by atoms with Gasteiger partial charge in [-0.2, -0.15) is 0 Å². The van der Waals surface area contributed by atoms with Gasteiger partial charge in [-0.05, 0) is 25.8 Å². The number of carboxylic acids is 1. The summed E-state index contributed by atoms with van der Waals surface area (Å²) in [5.74, 6) is -1.83. The molecule has 7 heteroatoms. The van der Waals surface area contributed by atoms with Crippen LogP contribution in [0.3, 0.4) is 0 Å². The quantitative estimate of drug-likeness (QED) is 0.858. The number of furan rings is 1. The van der Waals surface area contributed by atoms with Gasteiger partial charge < -0.3 is 19.7 Å². The molecule has 126 valence electrons. The molecule has 1 aromatic heterocycles. The van der Waals surface area contributed by atoms with E-state index >= 15 is 0 Å². The molecule has 1 aliphatic carbocycles. The van der Waals surface area contributed by atoms with Crippen LogP contribution in [0.25, 0.3) is 0 Å². The van der Waals surface area contributed by atoms with Gasteiger partial charge >= 0.3 is 5.97 Å². The number of likely N-dealkylation sites (N-methyl/N-ethyl adjacent to an activating group) is 1. The number of hydrogen-bond acceptors (Lipinski definition) is 4. The largest absolute Gasteiger partial charge is 0.479 e. The van der Waals surface area contributed by atoms with E-state index in [0.717, 1.165) is 19.3 Å². The van der Waals surface area contributed by atoms with Crippen molar-refractivity contribution in [3.63, 3.8) is 0 Å². The van der Waals surface area contributed by atoms with Gasteiger partial charge in [0.1, 0.15) is 17.8 Å². The molecule has 0 bridgehead atoms. The van der Waals surface area contributed by atoms with Gasteiger partial charge in [-0.1, -0.05) is 19.3 Å². The summed E-state index contributed by atoms with van der Waals surface area (Å²) < 4.78 is 4.83. The zero-order valence-electron chi connectivity index (χ0n) is 13.4. The van der Waals surface area contributed by atoms with Crippen LogP contribution in [0.15, 0.2) is 23.0 Å². The van der Waals surface area contributed by atoms with Crippen LogP contribution < -0.4 is 5.32 Å². The van der Waals surface area contributed by atoms with Gasteiger partial charge in [-0.3, -0.25) is 9.59 Å². The van der Waals surface area contributed by atoms with Gasteiger partial charge in [0.25, 0.3) is 5.91 Å². The Morgan fingerprint density at radius 1 is 1.30 bits per heavy atom. The van der Waals surface area contributed by atoms with Crippen molar-refractivity contribution in [3.8, 4) is 0 Å². The van der Waals surface area contributed by atoms with Crippen LogP contribution in [0, 0.1) is 0 Å². The number of hydrogen-bond donors (Lipinski definition) is 2. The molecule has 23 heavy (non-hydrogen) atoms. The van der Waals surface area contributed by atoms with Crippen LogP contribution in [0.1, 0.15) is 49.4 Å². The number of nitrogens with zero attached hydrogens (tertiary/aromatic N) is 1. The fourth-order valence-corrected chi connectivity index (χ4v) is 3.07. The van der Waals surface area contributed by atoms with Crippen molar-refractivity contribution < 1.29 is 23.9 Å². The molecule has 2 rings (SSSR count). The third kappa shape index (κ3) is 3.38. The molecule has 7 nitrogen and oxygen atoms in total. The lowest BCUT2D eigenvalue weighted by molar-refractivity contribution is -0.160. The highest BCUT2D eigenvalue weighted by molar-refractivity contribution is 5.98. The number of carbonyl (C=O) groups is 3. The Hall–Kier alpha value is -2.31. The summed E-state index contributed by atoms with van der Waals surface area (Å²) in [6, 6.07) is 0.677. The molecule has 2 N–H and O–H groups in total. The van der Waals surface area contributed by atoms with E-state index in [1.807, 2.05) is 0 Å². The van der Waals surface area contributed by atoms with Crippen molar-refractivity contribution in [2.24, 2.45) is 0 Å². The molecule has 1 saturated carbocycles. The summed E-state index contributed by atoms with van der Waals surface area (Å²) >= 11 is 0. The predicted octanol–water partition coefficient (Wildman–Crippen LogP) is 1.64. The van der Waals surface area contributed by atoms with Gasteiger partial charge in [0.05, 0.1) is 11.8 Å². The first-order chi connectivity index (χ1) is 10.9. The molecule has 0 spiro atoms. The van der Waals surface area contributed by atoms with Crippen LogP contribution >= 0.6 is 0 Å². The van der Waals surface area contributed by atoms with E-state index in [2.05, 4.69) is 5.32 Å². The summed E-state index contributed by atoms with van der Waals surface area (Å²) in [5, 5.41) is 12.2. The highest BCUT2D eigenvalue weighted by atomic mass is 16.4. The zero-order valence-corrected chi connectivity index (χ0v) is 13.4. The van der Waals surface area contributed by atoms with E-state index in [1.165, 1.54) is 30.5 Å². The van der Waals surface area contributed by atoms with Crippen LogP contribution in [0.5, 0.6) is 0 Å². The molecule has 1 aromatic rings. The molecule has 0 aliphatic heterocycles. The van der Waals surface area contributed by atoms with Crippen molar-refractivity contribution in [3.05, 3.63) is 24.2 Å². The summed E-state index contributed by atoms with van der Waals surface area (Å²) in [6.07, 6.45) is 6.06. The number of rotatable bonds is 5. The monoisotopic (exact) mass is 322 g/mol. The normalized spacial score (nSPS) is 18.0. The second kappa shape index (κ2) is 6.85. The zero-order chi connectivity index (χ0) is 17.0. The van der Waals surface area contributed by atoms with E-state index in [0.29, 0.717) is 18.4 Å². The third-order valence-electron chi connectivity index (χ3n) is 4.55. The number of carbonyl (C=O) groups excluding carboxylic acids is 2. The van der Waals surface area contributed by atoms with Crippen LogP contribution in [0.2, 0.25) is 0 Å². The predicted molar refractivity (Wildman–Crippen MR) is 81.9 cm³/mol. The minimum Gasteiger partial charge on any atom is -0.479 e. The van der Waals surface area contributed by atoms with E-state index in [-0.39, 0.29) is 0 Å². The molecule has 1 atom stereocenters. The Labute approximate surface area is 134 Å². The Kier molecular flexibility index (Phi) is 5.08. The maximum atomic E-state index is 12.6. The first kappa shape index (κ1) is 17.1. The molecule has 0 radical (unpaired) electrons. The number of carboxylic acid groups (broad SMARTS) is 1. The van der Waals surface area contributed by atoms with Crippen molar-refractivity contribution >= 4 is 17.8 Å². The standard InChI is InChI=1S/C16H22N2O5/c1-11(17-13(19)12-6-9-23-10-12)14(20)18(2)16(15(21)22)7-4-3-5-8-16/h6,9-11H,3-5,7-8H2,1-2H3,(H,17,19)(H,21,22). The van der Waals surface area contributed by atoms with Crippen LogP contribution in [0.4, 0.5) is 0 Å². The highest BCUT2D eigenvalue weighted by Gasteiger charge is 2.46. The first-order valence-electron chi connectivity index (χ1n) is 7.72. The van der Waals surface area contributed by atoms with E-state index in [9.17, 15) is 19.5 Å². The third-order valence-corrected chi connectivity index (χ3v) is 4.55. The van der Waals surface area contributed by atoms with E-state index in [1.54, 1.807) is 6.92 Å². The second-order valence-electron chi connectivity index (χ2n) is 6.00. The van der Waals surface area contributed by atoms with Gasteiger partial charge in [-0.15, -0.1) is 0 Å². The van der Waals surface area contributed by atoms with Gasteiger partial charge in [0.2, 0.25) is 5.91 Å². The maximum Gasteiger partial charge on any atom is 0.329 e. The Balaban J connectivity index is 2.08. The van der Waals surface area contributed by atoms with Gasteiger partial charge in [0, 0.05) is 7.05 Å². The topological polar surface area (TPSA) is 99.9 Å². The molecule has 0 aromatic carbocycles. The molecule has 1 aliphatic rings. The fourth-order valence-electron chi connectivity index (χ4n) is 3.07. The van der Waals surface area contributed by atoms with Gasteiger partial charge in [-0.25, -0.2) is 4.79 Å². The summed E-state index contributed by atoms with van der Waals surface area (Å²) in [4.78, 5) is 37.6. The van der Waals surface area contributed by atoms with Crippen molar-refractivity contribution in [1.29, 1.82) is 0 Å². The average molecular weight is 322 g/mol. The maximum absolute atomic E-state index is 12.6. The molecule has 1 unspecified atom stereocenters. The van der Waals surface area contributed by atoms with E-state index < -0.39 is 29.4 Å². The van der Waals surface area contributed by atoms with Gasteiger partial charge in [0.15, 0.2) is 0 Å². The lowest BCUT2D eigenvalue weighted by Gasteiger charge is -2.42. The van der Waals surface area contributed by atoms with Crippen molar-refractivity contribution in [1.82, 2.24) is 10.2 Å². The minimum atomic E-state index is -1.18. The Morgan fingerprint density at radius 2 is 1.96 bits per heavy atom. The Morgan fingerprint density at radius 3 is 2.48 bits per heavy atom. The minimum absolute atomic E-state index is 0.318. The lowest BCUT2D eigenvalue weighted by Crippen LogP contribution is -2.60. The SMILES string of the molecule is CC(NC(=O)c1ccoc1)C(=O)N(C)C1(C(=O)O)CCCCC1. The van der Waals surface area contributed by atoms with Crippen molar-refractivity contribution in [2.75, 3.05) is 7.05 Å². The summed E-state index contributed by atoms with van der Waals surface area (Å²) in [6.45, 7) is 1.55. The lowest BCUT2D eigenvalue weighted by atomic mass is 9.80. The molecule has 1 fully saturated rings. The highest BCUT2D eigenvalue weighted by Crippen LogP contribution is 2.33. The average Bonchev–Trinajstić information content (AvgIpc) is 3.08. The van der Waals surface area contributed by atoms with E-state index in [4.69, 9.17) is 4.42 Å². The van der Waals surface area contributed by atoms with Crippen molar-refractivity contribution in [2.45, 2.75) is 50.6 Å². The number of nitrogens with one attached hydrogen (secondary N) is 1. The number of aliphatic carboxylic acids is 1. The second-order valence-corrected chi connectivity index (χ2v) is 6.00. The molecule has 1 heterocycles. The summed E-state index contributed by atoms with van der Waals surface area (Å²) in [5.41, 5.74) is -0.859. The van der Waals surface area contributed by atoms with Crippen LogP contribution in [-0.4, -0.2) is 46.4 Å². The fraction of sp³-hybridized carbons (Fsp3) is 0.562.